The number of amides is 1. The third-order valence-corrected chi connectivity index (χ3v) is 4.62. The van der Waals surface area contributed by atoms with Gasteiger partial charge >= 0.3 is 6.09 Å². The number of nitrogens with one attached hydrogen (secondary N) is 1. The van der Waals surface area contributed by atoms with Gasteiger partial charge in [0.2, 0.25) is 5.88 Å². The zero-order valence-electron chi connectivity index (χ0n) is 15.3. The lowest BCUT2D eigenvalue weighted by Gasteiger charge is -2.26. The Labute approximate surface area is 158 Å². The maximum Gasteiger partial charge on any atom is 0.413 e. The zero-order chi connectivity index (χ0) is 18.4. The van der Waals surface area contributed by atoms with Gasteiger partial charge in [0.1, 0.15) is 0 Å². The predicted molar refractivity (Wildman–Crippen MR) is 104 cm³/mol. The number of hydrogen-bond donors (Lipinski definition) is 1. The molecule has 1 aromatic heterocycles. The summed E-state index contributed by atoms with van der Waals surface area (Å²) >= 11 is 3.48. The standard InChI is InChI=1S/C19H26BrN3O2/c1-5-6-13-21-19(24)25-17-12-11-16(23(17)4)18(22(2)3)14-7-9-15(20)10-8-14/h7-12,18H,5-6,13H2,1-4H3,(H,21,24). The van der Waals surface area contributed by atoms with Gasteiger partial charge in [0.25, 0.3) is 0 Å². The van der Waals surface area contributed by atoms with E-state index >= 15 is 0 Å². The summed E-state index contributed by atoms with van der Waals surface area (Å²) in [6.45, 7) is 2.71. The smallest absolute Gasteiger partial charge is 0.393 e. The molecule has 0 aliphatic carbocycles. The molecule has 1 unspecified atom stereocenters. The number of benzene rings is 1. The lowest BCUT2D eigenvalue weighted by molar-refractivity contribution is 0.196. The molecule has 25 heavy (non-hydrogen) atoms. The molecule has 2 aromatic rings. The van der Waals surface area contributed by atoms with E-state index in [0.29, 0.717) is 12.4 Å². The highest BCUT2D eigenvalue weighted by atomic mass is 79.9. The van der Waals surface area contributed by atoms with E-state index in [1.807, 2.05) is 50.0 Å². The van der Waals surface area contributed by atoms with Gasteiger partial charge in [-0.15, -0.1) is 0 Å². The highest BCUT2D eigenvalue weighted by molar-refractivity contribution is 9.10. The van der Waals surface area contributed by atoms with Crippen LogP contribution < -0.4 is 10.1 Å². The van der Waals surface area contributed by atoms with Crippen molar-refractivity contribution in [3.05, 3.63) is 52.1 Å². The van der Waals surface area contributed by atoms with Crippen molar-refractivity contribution in [3.8, 4) is 5.88 Å². The molecule has 0 saturated heterocycles. The maximum atomic E-state index is 11.9. The summed E-state index contributed by atoms with van der Waals surface area (Å²) in [6.07, 6.45) is 1.57. The summed E-state index contributed by atoms with van der Waals surface area (Å²) in [5.41, 5.74) is 2.23. The van der Waals surface area contributed by atoms with Gasteiger partial charge in [0, 0.05) is 29.8 Å². The number of halogens is 1. The summed E-state index contributed by atoms with van der Waals surface area (Å²) in [5.74, 6) is 0.535. The summed E-state index contributed by atoms with van der Waals surface area (Å²) in [7, 11) is 5.99. The number of carbonyl (C=O) groups is 1. The van der Waals surface area contributed by atoms with Crippen molar-refractivity contribution in [2.45, 2.75) is 25.8 Å². The Hall–Kier alpha value is -1.79. The van der Waals surface area contributed by atoms with Gasteiger partial charge in [-0.3, -0.25) is 4.90 Å². The number of aromatic nitrogens is 1. The van der Waals surface area contributed by atoms with Gasteiger partial charge in [-0.05, 0) is 44.3 Å². The average molecular weight is 408 g/mol. The second-order valence-corrected chi connectivity index (χ2v) is 7.16. The van der Waals surface area contributed by atoms with Crippen molar-refractivity contribution in [2.24, 2.45) is 7.05 Å². The Morgan fingerprint density at radius 1 is 1.24 bits per heavy atom. The molecule has 1 aromatic carbocycles. The molecule has 2 rings (SSSR count). The number of rotatable bonds is 7. The second kappa shape index (κ2) is 9.06. The van der Waals surface area contributed by atoms with E-state index in [4.69, 9.17) is 4.74 Å². The van der Waals surface area contributed by atoms with Crippen LogP contribution in [0.15, 0.2) is 40.9 Å². The van der Waals surface area contributed by atoms with Crippen LogP contribution in [-0.2, 0) is 7.05 Å². The third-order valence-electron chi connectivity index (χ3n) is 4.09. The van der Waals surface area contributed by atoms with E-state index in [1.54, 1.807) is 0 Å². The van der Waals surface area contributed by atoms with Crippen LogP contribution in [0.4, 0.5) is 4.79 Å². The minimum atomic E-state index is -0.411. The molecule has 0 radical (unpaired) electrons. The van der Waals surface area contributed by atoms with Gasteiger partial charge in [0.15, 0.2) is 0 Å². The Bertz CT molecular complexity index is 695. The SMILES string of the molecule is CCCCNC(=O)Oc1ccc(C(c2ccc(Br)cc2)N(C)C)n1C. The number of nitrogens with zero attached hydrogens (tertiary/aromatic N) is 2. The Morgan fingerprint density at radius 2 is 1.92 bits per heavy atom. The Kier molecular flexibility index (Phi) is 7.08. The van der Waals surface area contributed by atoms with E-state index in [0.717, 1.165) is 23.0 Å². The normalized spacial score (nSPS) is 12.2. The van der Waals surface area contributed by atoms with Crippen LogP contribution in [0, 0.1) is 0 Å². The van der Waals surface area contributed by atoms with Crippen molar-refractivity contribution >= 4 is 22.0 Å². The van der Waals surface area contributed by atoms with Gasteiger partial charge < -0.3 is 14.6 Å². The maximum absolute atomic E-state index is 11.9. The predicted octanol–water partition coefficient (Wildman–Crippen LogP) is 4.33. The van der Waals surface area contributed by atoms with Gasteiger partial charge in [0.05, 0.1) is 6.04 Å². The molecule has 1 amide bonds. The number of ether oxygens (including phenoxy) is 1. The highest BCUT2D eigenvalue weighted by Crippen LogP contribution is 2.30. The molecular formula is C19H26BrN3O2. The van der Waals surface area contributed by atoms with Crippen molar-refractivity contribution in [2.75, 3.05) is 20.6 Å². The molecule has 0 aliphatic heterocycles. The fourth-order valence-corrected chi connectivity index (χ4v) is 3.03. The molecule has 6 heteroatoms. The summed E-state index contributed by atoms with van der Waals surface area (Å²) in [6, 6.07) is 12.2. The molecular weight excluding hydrogens is 382 g/mol. The first kappa shape index (κ1) is 19.5. The fourth-order valence-electron chi connectivity index (χ4n) is 2.76. The quantitative estimate of drug-likeness (QED) is 0.694. The van der Waals surface area contributed by atoms with Gasteiger partial charge in [-0.25, -0.2) is 4.79 Å². The molecule has 1 heterocycles. The first-order chi connectivity index (χ1) is 11.9. The highest BCUT2D eigenvalue weighted by Gasteiger charge is 2.21. The second-order valence-electron chi connectivity index (χ2n) is 6.24. The lowest BCUT2D eigenvalue weighted by atomic mass is 10.0. The molecule has 0 bridgehead atoms. The summed E-state index contributed by atoms with van der Waals surface area (Å²) < 4.78 is 8.42. The molecule has 136 valence electrons. The molecule has 0 spiro atoms. The molecule has 0 aliphatic rings. The van der Waals surface area contributed by atoms with Gasteiger partial charge in [-0.1, -0.05) is 41.4 Å². The van der Waals surface area contributed by atoms with E-state index in [-0.39, 0.29) is 6.04 Å². The minimum Gasteiger partial charge on any atom is -0.393 e. The summed E-state index contributed by atoms with van der Waals surface area (Å²) in [4.78, 5) is 14.0. The van der Waals surface area contributed by atoms with Crippen LogP contribution in [0.2, 0.25) is 0 Å². The minimum absolute atomic E-state index is 0.0682. The monoisotopic (exact) mass is 407 g/mol. The van der Waals surface area contributed by atoms with E-state index in [1.165, 1.54) is 5.56 Å². The molecule has 0 saturated carbocycles. The molecule has 0 fully saturated rings. The van der Waals surface area contributed by atoms with E-state index < -0.39 is 6.09 Å². The van der Waals surface area contributed by atoms with Crippen LogP contribution >= 0.6 is 15.9 Å². The number of unbranched alkanes of at least 4 members (excludes halogenated alkanes) is 1. The Balaban J connectivity index is 2.19. The average Bonchev–Trinajstić information content (AvgIpc) is 2.91. The number of hydrogen-bond acceptors (Lipinski definition) is 3. The molecule has 5 nitrogen and oxygen atoms in total. The van der Waals surface area contributed by atoms with Crippen LogP contribution in [0.3, 0.4) is 0 Å². The first-order valence-electron chi connectivity index (χ1n) is 8.47. The van der Waals surface area contributed by atoms with Gasteiger partial charge in [-0.2, -0.15) is 0 Å². The van der Waals surface area contributed by atoms with Crippen LogP contribution in [0.25, 0.3) is 0 Å². The van der Waals surface area contributed by atoms with Crippen LogP contribution in [0.1, 0.15) is 37.1 Å². The summed E-state index contributed by atoms with van der Waals surface area (Å²) in [5, 5.41) is 2.77. The van der Waals surface area contributed by atoms with Crippen LogP contribution in [0.5, 0.6) is 5.88 Å². The van der Waals surface area contributed by atoms with E-state index in [2.05, 4.69) is 45.2 Å². The largest absolute Gasteiger partial charge is 0.413 e. The van der Waals surface area contributed by atoms with Crippen molar-refractivity contribution in [3.63, 3.8) is 0 Å². The zero-order valence-corrected chi connectivity index (χ0v) is 16.8. The lowest BCUT2D eigenvalue weighted by Crippen LogP contribution is -2.28. The Morgan fingerprint density at radius 3 is 2.52 bits per heavy atom. The fraction of sp³-hybridized carbons (Fsp3) is 0.421. The molecule has 1 N–H and O–H groups in total. The number of carbonyl (C=O) groups excluding carboxylic acids is 1. The molecule has 1 atom stereocenters. The third kappa shape index (κ3) is 5.09. The first-order valence-corrected chi connectivity index (χ1v) is 9.26. The van der Waals surface area contributed by atoms with E-state index in [9.17, 15) is 4.79 Å². The van der Waals surface area contributed by atoms with Crippen molar-refractivity contribution < 1.29 is 9.53 Å². The van der Waals surface area contributed by atoms with Crippen molar-refractivity contribution in [1.29, 1.82) is 0 Å². The van der Waals surface area contributed by atoms with Crippen LogP contribution in [-0.4, -0.2) is 36.2 Å². The van der Waals surface area contributed by atoms with Crippen molar-refractivity contribution in [1.82, 2.24) is 14.8 Å². The topological polar surface area (TPSA) is 46.5 Å².